The first kappa shape index (κ1) is 13.9. The minimum Gasteiger partial charge on any atom is -0.493 e. The van der Waals surface area contributed by atoms with Crippen molar-refractivity contribution < 1.29 is 19.0 Å². The van der Waals surface area contributed by atoms with Gasteiger partial charge in [-0.05, 0) is 23.8 Å². The Morgan fingerprint density at radius 1 is 1.04 bits per heavy atom. The van der Waals surface area contributed by atoms with Gasteiger partial charge in [0.25, 0.3) is 0 Å². The third-order valence-electron chi connectivity index (χ3n) is 4.15. The minimum absolute atomic E-state index is 0.00625. The van der Waals surface area contributed by atoms with Crippen LogP contribution in [0.5, 0.6) is 17.2 Å². The number of benzene rings is 2. The van der Waals surface area contributed by atoms with Crippen LogP contribution in [0, 0.1) is 0 Å². The normalized spacial score (nSPS) is 17.5. The molecule has 0 aromatic heterocycles. The Morgan fingerprint density at radius 3 is 2.87 bits per heavy atom. The first-order valence-corrected chi connectivity index (χ1v) is 7.66. The minimum atomic E-state index is -0.00625. The zero-order valence-corrected chi connectivity index (χ0v) is 12.6. The van der Waals surface area contributed by atoms with Gasteiger partial charge in [-0.1, -0.05) is 24.3 Å². The van der Waals surface area contributed by atoms with Crippen LogP contribution in [-0.4, -0.2) is 25.9 Å². The van der Waals surface area contributed by atoms with E-state index in [-0.39, 0.29) is 18.6 Å². The van der Waals surface area contributed by atoms with E-state index in [1.54, 1.807) is 0 Å². The lowest BCUT2D eigenvalue weighted by Gasteiger charge is -2.11. The largest absolute Gasteiger partial charge is 0.493 e. The molecule has 0 saturated heterocycles. The molecule has 0 aliphatic carbocycles. The summed E-state index contributed by atoms with van der Waals surface area (Å²) in [5.74, 6) is 2.56. The fraction of sp³-hybridized carbons (Fsp3) is 0.278. The highest BCUT2D eigenvalue weighted by molar-refractivity contribution is 5.79. The Bertz CT molecular complexity index is 744. The molecule has 5 nitrogen and oxygen atoms in total. The Kier molecular flexibility index (Phi) is 3.54. The maximum Gasteiger partial charge on any atom is 0.231 e. The van der Waals surface area contributed by atoms with Gasteiger partial charge in [0.15, 0.2) is 11.5 Å². The summed E-state index contributed by atoms with van der Waals surface area (Å²) in [4.78, 5) is 12.2. The summed E-state index contributed by atoms with van der Waals surface area (Å²) < 4.78 is 16.2. The summed E-state index contributed by atoms with van der Waals surface area (Å²) in [6.45, 7) is 1.44. The summed E-state index contributed by atoms with van der Waals surface area (Å²) in [6, 6.07) is 13.6. The highest BCUT2D eigenvalue weighted by Crippen LogP contribution is 2.33. The predicted octanol–water partition coefficient (Wildman–Crippen LogP) is 2.25. The number of hydrogen-bond donors (Lipinski definition) is 1. The zero-order chi connectivity index (χ0) is 15.6. The van der Waals surface area contributed by atoms with Crippen molar-refractivity contribution in [1.29, 1.82) is 0 Å². The molecule has 118 valence electrons. The first-order valence-electron chi connectivity index (χ1n) is 7.66. The molecule has 1 atom stereocenters. The molecular weight excluding hydrogens is 294 g/mol. The monoisotopic (exact) mass is 311 g/mol. The van der Waals surface area contributed by atoms with E-state index in [4.69, 9.17) is 14.2 Å². The molecule has 0 bridgehead atoms. The van der Waals surface area contributed by atoms with E-state index in [1.807, 2.05) is 36.4 Å². The van der Waals surface area contributed by atoms with Crippen molar-refractivity contribution in [2.24, 2.45) is 0 Å². The van der Waals surface area contributed by atoms with Crippen LogP contribution in [-0.2, 0) is 11.2 Å². The van der Waals surface area contributed by atoms with Gasteiger partial charge >= 0.3 is 0 Å². The zero-order valence-electron chi connectivity index (χ0n) is 12.6. The number of fused-ring (bicyclic) bond motifs is 2. The number of rotatable bonds is 4. The molecule has 1 N–H and O–H groups in total. The molecule has 5 heteroatoms. The molecule has 0 radical (unpaired) electrons. The summed E-state index contributed by atoms with van der Waals surface area (Å²) >= 11 is 0. The van der Waals surface area contributed by atoms with Gasteiger partial charge in [-0.15, -0.1) is 0 Å². The Labute approximate surface area is 134 Å². The van der Waals surface area contributed by atoms with E-state index in [2.05, 4.69) is 11.4 Å². The van der Waals surface area contributed by atoms with Gasteiger partial charge in [-0.2, -0.15) is 0 Å². The van der Waals surface area contributed by atoms with Gasteiger partial charge in [0.05, 0.1) is 13.0 Å². The Morgan fingerprint density at radius 2 is 1.91 bits per heavy atom. The van der Waals surface area contributed by atoms with Crippen molar-refractivity contribution in [3.8, 4) is 17.2 Å². The molecule has 2 aromatic carbocycles. The van der Waals surface area contributed by atoms with Crippen molar-refractivity contribution in [2.45, 2.75) is 12.3 Å². The van der Waals surface area contributed by atoms with Gasteiger partial charge in [0, 0.05) is 18.0 Å². The van der Waals surface area contributed by atoms with Gasteiger partial charge in [-0.3, -0.25) is 4.79 Å². The molecular formula is C18H17NO4. The average molecular weight is 311 g/mol. The molecule has 2 aromatic rings. The van der Waals surface area contributed by atoms with E-state index in [0.717, 1.165) is 22.6 Å². The predicted molar refractivity (Wildman–Crippen MR) is 84.0 cm³/mol. The van der Waals surface area contributed by atoms with Gasteiger partial charge < -0.3 is 19.5 Å². The van der Waals surface area contributed by atoms with Crippen LogP contribution in [0.2, 0.25) is 0 Å². The van der Waals surface area contributed by atoms with E-state index < -0.39 is 0 Å². The van der Waals surface area contributed by atoms with Crippen LogP contribution in [0.4, 0.5) is 0 Å². The lowest BCUT2D eigenvalue weighted by atomic mass is 10.0. The van der Waals surface area contributed by atoms with Crippen LogP contribution in [0.3, 0.4) is 0 Å². The lowest BCUT2D eigenvalue weighted by molar-refractivity contribution is -0.120. The highest BCUT2D eigenvalue weighted by Gasteiger charge is 2.24. The van der Waals surface area contributed by atoms with Gasteiger partial charge in [0.2, 0.25) is 12.7 Å². The molecule has 0 unspecified atom stereocenters. The molecule has 1 amide bonds. The fourth-order valence-corrected chi connectivity index (χ4v) is 2.93. The van der Waals surface area contributed by atoms with Crippen LogP contribution < -0.4 is 19.5 Å². The van der Waals surface area contributed by atoms with Gasteiger partial charge in [0.1, 0.15) is 5.75 Å². The lowest BCUT2D eigenvalue weighted by Crippen LogP contribution is -2.30. The number of carbonyl (C=O) groups excluding carboxylic acids is 1. The summed E-state index contributed by atoms with van der Waals surface area (Å²) in [5, 5.41) is 2.99. The van der Waals surface area contributed by atoms with E-state index >= 15 is 0 Å². The van der Waals surface area contributed by atoms with E-state index in [9.17, 15) is 4.79 Å². The van der Waals surface area contributed by atoms with E-state index in [0.29, 0.717) is 25.3 Å². The topological polar surface area (TPSA) is 56.8 Å². The Balaban J connectivity index is 1.34. The second kappa shape index (κ2) is 5.83. The maximum absolute atomic E-state index is 12.2. The first-order chi connectivity index (χ1) is 11.3. The molecule has 2 heterocycles. The highest BCUT2D eigenvalue weighted by atomic mass is 16.7. The van der Waals surface area contributed by atoms with Crippen molar-refractivity contribution in [1.82, 2.24) is 5.32 Å². The van der Waals surface area contributed by atoms with Crippen molar-refractivity contribution in [3.63, 3.8) is 0 Å². The quantitative estimate of drug-likeness (QED) is 0.941. The molecule has 0 saturated carbocycles. The third kappa shape index (κ3) is 2.82. The van der Waals surface area contributed by atoms with Crippen LogP contribution in [0.25, 0.3) is 0 Å². The molecule has 23 heavy (non-hydrogen) atoms. The number of ether oxygens (including phenoxy) is 3. The van der Waals surface area contributed by atoms with Crippen molar-refractivity contribution in [3.05, 3.63) is 53.6 Å². The molecule has 0 fully saturated rings. The summed E-state index contributed by atoms with van der Waals surface area (Å²) in [6.07, 6.45) is 0.325. The smallest absolute Gasteiger partial charge is 0.231 e. The molecule has 2 aliphatic heterocycles. The second-order valence-corrected chi connectivity index (χ2v) is 5.71. The number of hydrogen-bond acceptors (Lipinski definition) is 4. The van der Waals surface area contributed by atoms with Crippen LogP contribution >= 0.6 is 0 Å². The SMILES string of the molecule is O=C(Cc1ccc2c(c1)OCO2)NC[C@@H]1COc2ccccc21. The number of amides is 1. The number of nitrogens with one attached hydrogen (secondary N) is 1. The number of para-hydroxylation sites is 1. The maximum atomic E-state index is 12.2. The Hall–Kier alpha value is -2.69. The molecule has 4 rings (SSSR count). The van der Waals surface area contributed by atoms with Crippen molar-refractivity contribution >= 4 is 5.91 Å². The summed E-state index contributed by atoms with van der Waals surface area (Å²) in [5.41, 5.74) is 2.07. The molecule has 0 spiro atoms. The average Bonchev–Trinajstić information content (AvgIpc) is 3.19. The van der Waals surface area contributed by atoms with Gasteiger partial charge in [-0.25, -0.2) is 0 Å². The van der Waals surface area contributed by atoms with E-state index in [1.165, 1.54) is 0 Å². The van der Waals surface area contributed by atoms with Crippen molar-refractivity contribution in [2.75, 3.05) is 19.9 Å². The number of carbonyl (C=O) groups is 1. The fourth-order valence-electron chi connectivity index (χ4n) is 2.93. The third-order valence-corrected chi connectivity index (χ3v) is 4.15. The standard InChI is InChI=1S/C18H17NO4/c20-18(8-12-5-6-16-17(7-12)23-11-22-16)19-9-13-10-21-15-4-2-1-3-14(13)15/h1-7,13H,8-11H2,(H,19,20)/t13-/m1/s1. The van der Waals surface area contributed by atoms with Crippen LogP contribution in [0.1, 0.15) is 17.0 Å². The summed E-state index contributed by atoms with van der Waals surface area (Å²) in [7, 11) is 0. The van der Waals surface area contributed by atoms with Crippen LogP contribution in [0.15, 0.2) is 42.5 Å². The molecule has 2 aliphatic rings. The second-order valence-electron chi connectivity index (χ2n) is 5.71.